The van der Waals surface area contributed by atoms with Crippen LogP contribution in [0.2, 0.25) is 0 Å². The van der Waals surface area contributed by atoms with Gasteiger partial charge in [0.15, 0.2) is 0 Å². The van der Waals surface area contributed by atoms with E-state index >= 15 is 0 Å². The van der Waals surface area contributed by atoms with Crippen LogP contribution in [0, 0.1) is 12.8 Å². The molecule has 0 spiro atoms. The molecule has 7 nitrogen and oxygen atoms in total. The van der Waals surface area contributed by atoms with Gasteiger partial charge in [-0.05, 0) is 24.6 Å². The lowest BCUT2D eigenvalue weighted by Crippen LogP contribution is -2.34. The van der Waals surface area contributed by atoms with E-state index in [0.717, 1.165) is 0 Å². The number of carbonyl (C=O) groups excluding carboxylic acids is 1. The second kappa shape index (κ2) is 7.56. The largest absolute Gasteiger partial charge is 0.481 e. The molecule has 0 radical (unpaired) electrons. The van der Waals surface area contributed by atoms with Crippen molar-refractivity contribution in [1.29, 1.82) is 0 Å². The van der Waals surface area contributed by atoms with E-state index in [-0.39, 0.29) is 23.5 Å². The van der Waals surface area contributed by atoms with Gasteiger partial charge in [0, 0.05) is 25.7 Å². The number of sulfonamides is 1. The molecule has 0 saturated carbocycles. The van der Waals surface area contributed by atoms with Gasteiger partial charge in [0.05, 0.1) is 10.8 Å². The van der Waals surface area contributed by atoms with Gasteiger partial charge in [0.25, 0.3) is 5.91 Å². The molecule has 128 valence electrons. The van der Waals surface area contributed by atoms with Gasteiger partial charge in [-0.3, -0.25) is 9.59 Å². The highest BCUT2D eigenvalue weighted by molar-refractivity contribution is 7.89. The molecule has 0 aliphatic rings. The maximum absolute atomic E-state index is 12.5. The van der Waals surface area contributed by atoms with Crippen molar-refractivity contribution >= 4 is 21.9 Å². The third-order valence-electron chi connectivity index (χ3n) is 3.40. The number of rotatable bonds is 7. The maximum Gasteiger partial charge on any atom is 0.308 e. The monoisotopic (exact) mass is 342 g/mol. The zero-order valence-electron chi connectivity index (χ0n) is 13.7. The van der Waals surface area contributed by atoms with Crippen LogP contribution in [0.5, 0.6) is 0 Å². The molecule has 1 aromatic rings. The van der Waals surface area contributed by atoms with Crippen LogP contribution >= 0.6 is 0 Å². The number of aliphatic carboxylic acids is 1. The van der Waals surface area contributed by atoms with Crippen LogP contribution in [-0.2, 0) is 14.8 Å². The molecule has 1 atom stereocenters. The van der Waals surface area contributed by atoms with E-state index in [0.29, 0.717) is 5.56 Å². The molecule has 0 aliphatic heterocycles. The number of carboxylic acid groups (broad SMARTS) is 1. The van der Waals surface area contributed by atoms with Crippen molar-refractivity contribution in [3.8, 4) is 0 Å². The van der Waals surface area contributed by atoms with Crippen LogP contribution in [0.1, 0.15) is 29.8 Å². The Hall–Kier alpha value is -1.93. The van der Waals surface area contributed by atoms with Crippen molar-refractivity contribution in [1.82, 2.24) is 9.62 Å². The molecular weight excluding hydrogens is 320 g/mol. The Bertz CT molecular complexity index is 700. The first-order chi connectivity index (χ1) is 10.6. The minimum atomic E-state index is -3.66. The number of hydrogen-bond donors (Lipinski definition) is 2. The SMILES string of the molecule is CCNS(=O)(=O)c1ccc(C)c(C(=O)N(C)CC(C)C(=O)O)c1. The normalized spacial score (nSPS) is 12.7. The van der Waals surface area contributed by atoms with E-state index in [9.17, 15) is 18.0 Å². The standard InChI is InChI=1S/C15H22N2O5S/c1-5-16-23(21,22)12-7-6-10(2)13(8-12)14(18)17(4)9-11(3)15(19)20/h6-8,11,16H,5,9H2,1-4H3,(H,19,20). The summed E-state index contributed by atoms with van der Waals surface area (Å²) in [6.07, 6.45) is 0. The van der Waals surface area contributed by atoms with Crippen molar-refractivity contribution in [2.24, 2.45) is 5.92 Å². The highest BCUT2D eigenvalue weighted by Crippen LogP contribution is 2.17. The summed E-state index contributed by atoms with van der Waals surface area (Å²) < 4.78 is 26.5. The van der Waals surface area contributed by atoms with E-state index in [1.165, 1.54) is 31.0 Å². The molecule has 1 aromatic carbocycles. The van der Waals surface area contributed by atoms with Gasteiger partial charge < -0.3 is 10.0 Å². The number of hydrogen-bond acceptors (Lipinski definition) is 4. The van der Waals surface area contributed by atoms with Crippen molar-refractivity contribution in [3.63, 3.8) is 0 Å². The average Bonchev–Trinajstić information content (AvgIpc) is 2.46. The summed E-state index contributed by atoms with van der Waals surface area (Å²) in [6.45, 7) is 5.16. The second-order valence-corrected chi connectivity index (χ2v) is 7.17. The summed E-state index contributed by atoms with van der Waals surface area (Å²) in [6, 6.07) is 4.31. The van der Waals surface area contributed by atoms with Gasteiger partial charge in [0.2, 0.25) is 10.0 Å². The molecule has 0 heterocycles. The third kappa shape index (κ3) is 4.77. The van der Waals surface area contributed by atoms with Crippen LogP contribution in [0.4, 0.5) is 0 Å². The third-order valence-corrected chi connectivity index (χ3v) is 4.94. The summed E-state index contributed by atoms with van der Waals surface area (Å²) in [5.41, 5.74) is 0.865. The number of benzene rings is 1. The fourth-order valence-corrected chi connectivity index (χ4v) is 3.12. The quantitative estimate of drug-likeness (QED) is 0.772. The molecule has 1 amide bonds. The van der Waals surface area contributed by atoms with Gasteiger partial charge in [-0.1, -0.05) is 19.9 Å². The predicted octanol–water partition coefficient (Wildman–Crippen LogP) is 1.09. The molecule has 0 fully saturated rings. The van der Waals surface area contributed by atoms with E-state index in [2.05, 4.69) is 4.72 Å². The van der Waals surface area contributed by atoms with Crippen LogP contribution in [0.15, 0.2) is 23.1 Å². The Morgan fingerprint density at radius 2 is 1.96 bits per heavy atom. The number of carbonyl (C=O) groups is 2. The molecular formula is C15H22N2O5S. The molecule has 8 heteroatoms. The Morgan fingerprint density at radius 1 is 1.35 bits per heavy atom. The first-order valence-electron chi connectivity index (χ1n) is 7.18. The van der Waals surface area contributed by atoms with Crippen LogP contribution < -0.4 is 4.72 Å². The Labute approximate surface area is 136 Å². The minimum Gasteiger partial charge on any atom is -0.481 e. The van der Waals surface area contributed by atoms with Crippen LogP contribution in [0.3, 0.4) is 0 Å². The van der Waals surface area contributed by atoms with Crippen molar-refractivity contribution < 1.29 is 23.1 Å². The molecule has 0 aromatic heterocycles. The van der Waals surface area contributed by atoms with E-state index < -0.39 is 27.8 Å². The van der Waals surface area contributed by atoms with Gasteiger partial charge >= 0.3 is 5.97 Å². The number of aryl methyl sites for hydroxylation is 1. The first-order valence-corrected chi connectivity index (χ1v) is 8.67. The molecule has 0 saturated heterocycles. The highest BCUT2D eigenvalue weighted by atomic mass is 32.2. The fourth-order valence-electron chi connectivity index (χ4n) is 2.05. The first kappa shape index (κ1) is 19.1. The van der Waals surface area contributed by atoms with Crippen molar-refractivity contribution in [2.45, 2.75) is 25.7 Å². The Kier molecular flexibility index (Phi) is 6.28. The summed E-state index contributed by atoms with van der Waals surface area (Å²) in [5.74, 6) is -2.12. The average molecular weight is 342 g/mol. The summed E-state index contributed by atoms with van der Waals surface area (Å²) in [7, 11) is -2.17. The molecule has 0 aliphatic carbocycles. The maximum atomic E-state index is 12.5. The minimum absolute atomic E-state index is 0.00739. The number of nitrogens with one attached hydrogen (secondary N) is 1. The summed E-state index contributed by atoms with van der Waals surface area (Å²) in [5, 5.41) is 8.92. The number of nitrogens with zero attached hydrogens (tertiary/aromatic N) is 1. The van der Waals surface area contributed by atoms with Crippen LogP contribution in [0.25, 0.3) is 0 Å². The molecule has 0 bridgehead atoms. The van der Waals surface area contributed by atoms with Crippen molar-refractivity contribution in [3.05, 3.63) is 29.3 Å². The second-order valence-electron chi connectivity index (χ2n) is 5.40. The van der Waals surface area contributed by atoms with E-state index in [1.54, 1.807) is 19.9 Å². The Morgan fingerprint density at radius 3 is 2.48 bits per heavy atom. The van der Waals surface area contributed by atoms with E-state index in [4.69, 9.17) is 5.11 Å². The van der Waals surface area contributed by atoms with E-state index in [1.807, 2.05) is 0 Å². The van der Waals surface area contributed by atoms with Crippen molar-refractivity contribution in [2.75, 3.05) is 20.1 Å². The van der Waals surface area contributed by atoms with Gasteiger partial charge in [-0.2, -0.15) is 0 Å². The lowest BCUT2D eigenvalue weighted by Gasteiger charge is -2.21. The fraction of sp³-hybridized carbons (Fsp3) is 0.467. The predicted molar refractivity (Wildman–Crippen MR) is 85.8 cm³/mol. The smallest absolute Gasteiger partial charge is 0.308 e. The zero-order valence-corrected chi connectivity index (χ0v) is 14.5. The lowest BCUT2D eigenvalue weighted by atomic mass is 10.1. The Balaban J connectivity index is 3.12. The zero-order chi connectivity index (χ0) is 17.8. The summed E-state index contributed by atoms with van der Waals surface area (Å²) >= 11 is 0. The van der Waals surface area contributed by atoms with Crippen LogP contribution in [-0.4, -0.2) is 50.4 Å². The topological polar surface area (TPSA) is 104 Å². The molecule has 1 rings (SSSR count). The number of carboxylic acids is 1. The van der Waals surface area contributed by atoms with Gasteiger partial charge in [-0.15, -0.1) is 0 Å². The van der Waals surface area contributed by atoms with Gasteiger partial charge in [-0.25, -0.2) is 13.1 Å². The molecule has 2 N–H and O–H groups in total. The lowest BCUT2D eigenvalue weighted by molar-refractivity contribution is -0.141. The summed E-state index contributed by atoms with van der Waals surface area (Å²) in [4.78, 5) is 24.7. The molecule has 23 heavy (non-hydrogen) atoms. The highest BCUT2D eigenvalue weighted by Gasteiger charge is 2.22. The van der Waals surface area contributed by atoms with Gasteiger partial charge in [0.1, 0.15) is 0 Å². The molecule has 1 unspecified atom stereocenters. The number of amides is 1.